The Bertz CT molecular complexity index is 295. The van der Waals surface area contributed by atoms with E-state index in [0.717, 1.165) is 24.0 Å². The molecule has 0 radical (unpaired) electrons. The quantitative estimate of drug-likeness (QED) is 0.584. The maximum absolute atomic E-state index is 11.6. The lowest BCUT2D eigenvalue weighted by molar-refractivity contribution is -0.914. The van der Waals surface area contributed by atoms with Crippen LogP contribution in [-0.2, 0) is 9.53 Å². The van der Waals surface area contributed by atoms with Gasteiger partial charge in [0.05, 0.1) is 19.6 Å². The van der Waals surface area contributed by atoms with E-state index in [1.165, 1.54) is 38.4 Å². The molecule has 2 fully saturated rings. The first-order chi connectivity index (χ1) is 7.91. The number of esters is 1. The van der Waals surface area contributed by atoms with Gasteiger partial charge in [-0.3, -0.25) is 0 Å². The van der Waals surface area contributed by atoms with Crippen LogP contribution >= 0.6 is 11.8 Å². The van der Waals surface area contributed by atoms with Crippen molar-refractivity contribution in [1.29, 1.82) is 0 Å². The molecule has 2 heterocycles. The van der Waals surface area contributed by atoms with Crippen molar-refractivity contribution >= 4 is 17.7 Å². The van der Waals surface area contributed by atoms with Crippen molar-refractivity contribution in [2.45, 2.75) is 32.0 Å². The lowest BCUT2D eigenvalue weighted by Gasteiger charge is -2.37. The molecule has 1 unspecified atom stereocenters. The highest BCUT2D eigenvalue weighted by Gasteiger charge is 2.42. The van der Waals surface area contributed by atoms with Gasteiger partial charge in [0.2, 0.25) is 0 Å². The minimum Gasteiger partial charge on any atom is -0.454 e. The van der Waals surface area contributed by atoms with Gasteiger partial charge in [0.25, 0.3) is 0 Å². The van der Waals surface area contributed by atoms with E-state index in [1.54, 1.807) is 0 Å². The predicted molar refractivity (Wildman–Crippen MR) is 67.8 cm³/mol. The Labute approximate surface area is 107 Å². The minimum absolute atomic E-state index is 0.00275. The molecule has 17 heavy (non-hydrogen) atoms. The van der Waals surface area contributed by atoms with E-state index in [4.69, 9.17) is 4.74 Å². The topological polar surface area (TPSA) is 46.5 Å². The lowest BCUT2D eigenvalue weighted by atomic mass is 10.1. The Kier molecular flexibility index (Phi) is 3.71. The molecule has 4 nitrogen and oxygen atoms in total. The molecule has 1 atom stereocenters. The summed E-state index contributed by atoms with van der Waals surface area (Å²) in [6.45, 7) is 7.40. The molecule has 0 aromatic rings. The van der Waals surface area contributed by atoms with Crippen molar-refractivity contribution in [3.05, 3.63) is 0 Å². The Morgan fingerprint density at radius 2 is 2.00 bits per heavy atom. The number of carbonyl (C=O) groups excluding carboxylic acids is 1. The summed E-state index contributed by atoms with van der Waals surface area (Å²) in [5.74, 6) is 1.94. The molecule has 0 aromatic carbocycles. The zero-order valence-corrected chi connectivity index (χ0v) is 11.5. The number of thioether (sulfide) groups is 1. The first-order valence-corrected chi connectivity index (χ1v) is 7.43. The van der Waals surface area contributed by atoms with Gasteiger partial charge >= 0.3 is 5.97 Å². The first kappa shape index (κ1) is 13.2. The summed E-state index contributed by atoms with van der Waals surface area (Å²) < 4.78 is 6.50. The number of ether oxygens (including phenoxy) is 1. The van der Waals surface area contributed by atoms with E-state index in [9.17, 15) is 9.90 Å². The molecule has 0 aromatic heterocycles. The van der Waals surface area contributed by atoms with Gasteiger partial charge in [-0.15, -0.1) is 0 Å². The van der Waals surface area contributed by atoms with Crippen molar-refractivity contribution in [3.63, 3.8) is 0 Å². The third kappa shape index (κ3) is 3.14. The summed E-state index contributed by atoms with van der Waals surface area (Å²) in [6, 6.07) is 0. The van der Waals surface area contributed by atoms with Gasteiger partial charge in [-0.05, 0) is 13.8 Å². The molecule has 2 aliphatic rings. The van der Waals surface area contributed by atoms with Crippen molar-refractivity contribution in [2.75, 3.05) is 37.7 Å². The Morgan fingerprint density at radius 1 is 1.35 bits per heavy atom. The van der Waals surface area contributed by atoms with Gasteiger partial charge in [0.15, 0.2) is 11.7 Å². The molecule has 1 N–H and O–H groups in total. The fraction of sp³-hybridized carbons (Fsp3) is 0.917. The van der Waals surface area contributed by atoms with E-state index in [1.807, 2.05) is 11.8 Å². The number of nitrogens with zero attached hydrogens (tertiary/aromatic N) is 1. The third-order valence-electron chi connectivity index (χ3n) is 3.71. The van der Waals surface area contributed by atoms with E-state index in [2.05, 4.69) is 0 Å². The summed E-state index contributed by atoms with van der Waals surface area (Å²) in [6.07, 6.45) is 0.934. The Balaban J connectivity index is 1.87. The number of hydrogen-bond donors (Lipinski definition) is 1. The van der Waals surface area contributed by atoms with Gasteiger partial charge in [-0.2, -0.15) is 11.8 Å². The van der Waals surface area contributed by atoms with Gasteiger partial charge in [0, 0.05) is 17.9 Å². The largest absolute Gasteiger partial charge is 0.454 e. The lowest BCUT2D eigenvalue weighted by Crippen LogP contribution is -2.52. The molecular formula is C12H22NO3S+. The van der Waals surface area contributed by atoms with Crippen molar-refractivity contribution in [2.24, 2.45) is 0 Å². The van der Waals surface area contributed by atoms with Crippen LogP contribution in [0, 0.1) is 0 Å². The second-order valence-corrected chi connectivity index (χ2v) is 6.91. The standard InChI is InChI=1S/C12H22NO3S/c1-12(2,15)11(14)16-10-3-4-13(9-10)5-7-17-8-6-13/h10,15H,3-9H2,1-2H3/q+1. The molecule has 1 spiro atoms. The van der Waals surface area contributed by atoms with Crippen LogP contribution in [0.5, 0.6) is 0 Å². The predicted octanol–water partition coefficient (Wildman–Crippen LogP) is 0.636. The van der Waals surface area contributed by atoms with Crippen molar-refractivity contribution in [1.82, 2.24) is 0 Å². The first-order valence-electron chi connectivity index (χ1n) is 6.28. The fourth-order valence-corrected chi connectivity index (χ4v) is 3.80. The second-order valence-electron chi connectivity index (χ2n) is 5.68. The van der Waals surface area contributed by atoms with Crippen LogP contribution < -0.4 is 0 Å². The van der Waals surface area contributed by atoms with Crippen LogP contribution in [0.15, 0.2) is 0 Å². The van der Waals surface area contributed by atoms with Crippen LogP contribution in [0.4, 0.5) is 0 Å². The molecule has 0 amide bonds. The SMILES string of the molecule is CC(C)(O)C(=O)OC1CC[N+]2(CCSCC2)C1. The minimum atomic E-state index is -1.37. The molecule has 0 saturated carbocycles. The molecule has 98 valence electrons. The number of aliphatic hydroxyl groups is 1. The average Bonchev–Trinajstić information content (AvgIpc) is 2.61. The highest BCUT2D eigenvalue weighted by atomic mass is 32.2. The number of carbonyl (C=O) groups is 1. The van der Waals surface area contributed by atoms with Gasteiger partial charge in [-0.25, -0.2) is 4.79 Å². The zero-order valence-electron chi connectivity index (χ0n) is 10.6. The van der Waals surface area contributed by atoms with Gasteiger partial charge < -0.3 is 14.3 Å². The Morgan fingerprint density at radius 3 is 2.59 bits per heavy atom. The van der Waals surface area contributed by atoms with Crippen LogP contribution in [0.3, 0.4) is 0 Å². The highest BCUT2D eigenvalue weighted by molar-refractivity contribution is 7.99. The van der Waals surface area contributed by atoms with E-state index >= 15 is 0 Å². The third-order valence-corrected chi connectivity index (χ3v) is 4.65. The van der Waals surface area contributed by atoms with Crippen LogP contribution in [0.25, 0.3) is 0 Å². The summed E-state index contributed by atoms with van der Waals surface area (Å²) in [7, 11) is 0. The molecule has 2 saturated heterocycles. The van der Waals surface area contributed by atoms with E-state index in [-0.39, 0.29) is 6.10 Å². The fourth-order valence-electron chi connectivity index (χ4n) is 2.56. The normalized spacial score (nSPS) is 28.3. The maximum atomic E-state index is 11.6. The summed E-state index contributed by atoms with van der Waals surface area (Å²) in [5.41, 5.74) is -1.37. The highest BCUT2D eigenvalue weighted by Crippen LogP contribution is 2.27. The Hall–Kier alpha value is -0.260. The molecule has 0 aliphatic carbocycles. The van der Waals surface area contributed by atoms with E-state index < -0.39 is 11.6 Å². The van der Waals surface area contributed by atoms with Crippen LogP contribution in [-0.4, -0.2) is 64.9 Å². The maximum Gasteiger partial charge on any atom is 0.338 e. The monoisotopic (exact) mass is 260 g/mol. The van der Waals surface area contributed by atoms with Gasteiger partial charge in [0.1, 0.15) is 6.54 Å². The van der Waals surface area contributed by atoms with Crippen LogP contribution in [0.2, 0.25) is 0 Å². The number of hydrogen-bond acceptors (Lipinski definition) is 4. The molecular weight excluding hydrogens is 238 g/mol. The van der Waals surface area contributed by atoms with Crippen LogP contribution in [0.1, 0.15) is 20.3 Å². The van der Waals surface area contributed by atoms with E-state index in [0.29, 0.717) is 0 Å². The summed E-state index contributed by atoms with van der Waals surface area (Å²) >= 11 is 2.01. The average molecular weight is 260 g/mol. The second kappa shape index (κ2) is 4.78. The zero-order chi connectivity index (χ0) is 12.5. The van der Waals surface area contributed by atoms with Gasteiger partial charge in [-0.1, -0.05) is 0 Å². The van der Waals surface area contributed by atoms with Crippen molar-refractivity contribution < 1.29 is 19.1 Å². The molecule has 2 aliphatic heterocycles. The van der Waals surface area contributed by atoms with Crippen molar-refractivity contribution in [3.8, 4) is 0 Å². The molecule has 2 rings (SSSR count). The summed E-state index contributed by atoms with van der Waals surface area (Å²) in [4.78, 5) is 11.6. The summed E-state index contributed by atoms with van der Waals surface area (Å²) in [5, 5.41) is 9.57. The molecule has 5 heteroatoms. The number of quaternary nitrogens is 1. The molecule has 0 bridgehead atoms. The smallest absolute Gasteiger partial charge is 0.338 e. The number of rotatable bonds is 2.